The standard InChI is InChI=1S/C14H14Cl2N2O3/c1-14(20,12-3-2-6-21-12)8-17-13(19)18-11-7-9(15)4-5-10(11)16/h2-7,20H,8H2,1H3,(H2,17,18,19). The van der Waals surface area contributed by atoms with Crippen molar-refractivity contribution in [2.24, 2.45) is 0 Å². The molecule has 0 spiro atoms. The molecule has 1 aromatic carbocycles. The molecule has 2 aromatic rings. The highest BCUT2D eigenvalue weighted by molar-refractivity contribution is 6.35. The van der Waals surface area contributed by atoms with Crippen LogP contribution in [-0.4, -0.2) is 17.7 Å². The second-order valence-corrected chi connectivity index (χ2v) is 5.53. The maximum Gasteiger partial charge on any atom is 0.319 e. The first-order valence-electron chi connectivity index (χ1n) is 6.15. The summed E-state index contributed by atoms with van der Waals surface area (Å²) in [6, 6.07) is 7.52. The highest BCUT2D eigenvalue weighted by Gasteiger charge is 2.26. The van der Waals surface area contributed by atoms with Crippen molar-refractivity contribution in [3.8, 4) is 0 Å². The van der Waals surface area contributed by atoms with Gasteiger partial charge < -0.3 is 20.2 Å². The average molecular weight is 329 g/mol. The highest BCUT2D eigenvalue weighted by Crippen LogP contribution is 2.25. The van der Waals surface area contributed by atoms with Crippen molar-refractivity contribution in [3.05, 3.63) is 52.4 Å². The highest BCUT2D eigenvalue weighted by atomic mass is 35.5. The summed E-state index contributed by atoms with van der Waals surface area (Å²) in [6.07, 6.45) is 1.45. The zero-order chi connectivity index (χ0) is 15.5. The molecular formula is C14H14Cl2N2O3. The normalized spacial score (nSPS) is 13.5. The summed E-state index contributed by atoms with van der Waals surface area (Å²) in [6.45, 7) is 1.52. The van der Waals surface area contributed by atoms with Gasteiger partial charge in [0.05, 0.1) is 23.5 Å². The third-order valence-electron chi connectivity index (χ3n) is 2.82. The molecule has 5 nitrogen and oxygen atoms in total. The number of anilines is 1. The van der Waals surface area contributed by atoms with Crippen molar-refractivity contribution in [3.63, 3.8) is 0 Å². The maximum atomic E-state index is 11.8. The minimum absolute atomic E-state index is 0.0233. The lowest BCUT2D eigenvalue weighted by molar-refractivity contribution is 0.0372. The predicted octanol–water partition coefficient (Wildman–Crippen LogP) is 3.62. The lowest BCUT2D eigenvalue weighted by atomic mass is 10.0. The van der Waals surface area contributed by atoms with E-state index < -0.39 is 11.6 Å². The van der Waals surface area contributed by atoms with Crippen LogP contribution in [0.15, 0.2) is 41.0 Å². The summed E-state index contributed by atoms with van der Waals surface area (Å²) >= 11 is 11.8. The SMILES string of the molecule is CC(O)(CNC(=O)Nc1cc(Cl)ccc1Cl)c1ccco1. The summed E-state index contributed by atoms with van der Waals surface area (Å²) in [5.74, 6) is 0.364. The third kappa shape index (κ3) is 4.14. The van der Waals surface area contributed by atoms with E-state index in [1.807, 2.05) is 0 Å². The van der Waals surface area contributed by atoms with Crippen LogP contribution in [-0.2, 0) is 5.60 Å². The summed E-state index contributed by atoms with van der Waals surface area (Å²) in [5.41, 5.74) is -0.918. The topological polar surface area (TPSA) is 74.5 Å². The van der Waals surface area contributed by atoms with E-state index in [1.54, 1.807) is 31.2 Å². The molecule has 1 heterocycles. The van der Waals surface area contributed by atoms with E-state index in [2.05, 4.69) is 10.6 Å². The molecule has 3 N–H and O–H groups in total. The fraction of sp³-hybridized carbons (Fsp3) is 0.214. The van der Waals surface area contributed by atoms with Crippen LogP contribution < -0.4 is 10.6 Å². The Morgan fingerprint density at radius 1 is 1.38 bits per heavy atom. The van der Waals surface area contributed by atoms with Crippen LogP contribution in [0.1, 0.15) is 12.7 Å². The largest absolute Gasteiger partial charge is 0.466 e. The van der Waals surface area contributed by atoms with Gasteiger partial charge in [0.15, 0.2) is 0 Å². The van der Waals surface area contributed by atoms with Gasteiger partial charge in [0.25, 0.3) is 0 Å². The fourth-order valence-electron chi connectivity index (χ4n) is 1.68. The number of hydrogen-bond donors (Lipinski definition) is 3. The monoisotopic (exact) mass is 328 g/mol. The predicted molar refractivity (Wildman–Crippen MR) is 81.8 cm³/mol. The van der Waals surface area contributed by atoms with Crippen molar-refractivity contribution in [2.45, 2.75) is 12.5 Å². The summed E-state index contributed by atoms with van der Waals surface area (Å²) in [7, 11) is 0. The summed E-state index contributed by atoms with van der Waals surface area (Å²) in [5, 5.41) is 16.1. The van der Waals surface area contributed by atoms with Crippen LogP contribution in [0.5, 0.6) is 0 Å². The Hall–Kier alpha value is -1.69. The molecule has 0 aliphatic rings. The van der Waals surface area contributed by atoms with E-state index >= 15 is 0 Å². The molecule has 21 heavy (non-hydrogen) atoms. The number of hydrogen-bond acceptors (Lipinski definition) is 3. The molecule has 0 saturated carbocycles. The minimum Gasteiger partial charge on any atom is -0.466 e. The van der Waals surface area contributed by atoms with Gasteiger partial charge in [0.1, 0.15) is 11.4 Å². The van der Waals surface area contributed by atoms with E-state index in [1.165, 1.54) is 12.3 Å². The van der Waals surface area contributed by atoms with Crippen molar-refractivity contribution in [1.82, 2.24) is 5.32 Å². The number of urea groups is 1. The van der Waals surface area contributed by atoms with Gasteiger partial charge in [-0.2, -0.15) is 0 Å². The second kappa shape index (κ2) is 6.39. The smallest absolute Gasteiger partial charge is 0.319 e. The number of furan rings is 1. The first-order chi connectivity index (χ1) is 9.88. The Morgan fingerprint density at radius 3 is 2.81 bits per heavy atom. The molecule has 112 valence electrons. The van der Waals surface area contributed by atoms with Gasteiger partial charge in [-0.25, -0.2) is 4.79 Å². The lowest BCUT2D eigenvalue weighted by Crippen LogP contribution is -2.40. The molecule has 0 saturated heterocycles. The molecule has 0 fully saturated rings. The van der Waals surface area contributed by atoms with Gasteiger partial charge in [0.2, 0.25) is 0 Å². The van der Waals surface area contributed by atoms with E-state index in [0.717, 1.165) is 0 Å². The number of rotatable bonds is 4. The van der Waals surface area contributed by atoms with E-state index in [-0.39, 0.29) is 6.54 Å². The zero-order valence-electron chi connectivity index (χ0n) is 11.2. The second-order valence-electron chi connectivity index (χ2n) is 4.68. The van der Waals surface area contributed by atoms with Gasteiger partial charge in [-0.1, -0.05) is 23.2 Å². The molecular weight excluding hydrogens is 315 g/mol. The molecule has 0 aliphatic carbocycles. The van der Waals surface area contributed by atoms with Crippen LogP contribution >= 0.6 is 23.2 Å². The van der Waals surface area contributed by atoms with Crippen LogP contribution in [0.3, 0.4) is 0 Å². The zero-order valence-corrected chi connectivity index (χ0v) is 12.7. The van der Waals surface area contributed by atoms with Gasteiger partial charge in [0, 0.05) is 5.02 Å². The minimum atomic E-state index is -1.31. The van der Waals surface area contributed by atoms with E-state index in [4.69, 9.17) is 27.6 Å². The third-order valence-corrected chi connectivity index (χ3v) is 3.39. The number of carbonyl (C=O) groups excluding carboxylic acids is 1. The molecule has 7 heteroatoms. The average Bonchev–Trinajstić information content (AvgIpc) is 2.96. The first-order valence-corrected chi connectivity index (χ1v) is 6.90. The quantitative estimate of drug-likeness (QED) is 0.802. The molecule has 1 unspecified atom stereocenters. The number of halogens is 2. The van der Waals surface area contributed by atoms with E-state index in [0.29, 0.717) is 21.5 Å². The Morgan fingerprint density at radius 2 is 2.14 bits per heavy atom. The summed E-state index contributed by atoms with van der Waals surface area (Å²) in [4.78, 5) is 11.8. The van der Waals surface area contributed by atoms with Gasteiger partial charge in [-0.3, -0.25) is 0 Å². The number of benzene rings is 1. The number of carbonyl (C=O) groups is 1. The maximum absolute atomic E-state index is 11.8. The Kier molecular flexibility index (Phi) is 4.77. The Labute approximate surface area is 131 Å². The Balaban J connectivity index is 1.95. The number of aliphatic hydroxyl groups is 1. The fourth-order valence-corrected chi connectivity index (χ4v) is 2.02. The van der Waals surface area contributed by atoms with Crippen LogP contribution in [0.4, 0.5) is 10.5 Å². The molecule has 2 rings (SSSR count). The van der Waals surface area contributed by atoms with Crippen LogP contribution in [0.25, 0.3) is 0 Å². The molecule has 0 aliphatic heterocycles. The molecule has 0 bridgehead atoms. The first kappa shape index (κ1) is 15.7. The van der Waals surface area contributed by atoms with Crippen LogP contribution in [0, 0.1) is 0 Å². The van der Waals surface area contributed by atoms with Crippen LogP contribution in [0.2, 0.25) is 10.0 Å². The number of nitrogens with one attached hydrogen (secondary N) is 2. The molecule has 0 radical (unpaired) electrons. The number of amides is 2. The van der Waals surface area contributed by atoms with Gasteiger partial charge >= 0.3 is 6.03 Å². The Bertz CT molecular complexity index is 627. The summed E-state index contributed by atoms with van der Waals surface area (Å²) < 4.78 is 5.12. The van der Waals surface area contributed by atoms with Crippen molar-refractivity contribution >= 4 is 34.9 Å². The van der Waals surface area contributed by atoms with Crippen molar-refractivity contribution in [1.29, 1.82) is 0 Å². The van der Waals surface area contributed by atoms with Crippen molar-refractivity contribution < 1.29 is 14.3 Å². The van der Waals surface area contributed by atoms with Gasteiger partial charge in [-0.05, 0) is 37.3 Å². The molecule has 1 aromatic heterocycles. The molecule has 2 amide bonds. The van der Waals surface area contributed by atoms with E-state index in [9.17, 15) is 9.90 Å². The molecule has 1 atom stereocenters. The van der Waals surface area contributed by atoms with Crippen molar-refractivity contribution in [2.75, 3.05) is 11.9 Å². The van der Waals surface area contributed by atoms with Gasteiger partial charge in [-0.15, -0.1) is 0 Å². The lowest BCUT2D eigenvalue weighted by Gasteiger charge is -2.21.